The van der Waals surface area contributed by atoms with Crippen LogP contribution in [0.5, 0.6) is 0 Å². The van der Waals surface area contributed by atoms with Gasteiger partial charge in [-0.05, 0) is 30.9 Å². The van der Waals surface area contributed by atoms with Gasteiger partial charge < -0.3 is 9.84 Å². The van der Waals surface area contributed by atoms with Crippen LogP contribution in [0.2, 0.25) is 0 Å². The van der Waals surface area contributed by atoms with Gasteiger partial charge in [-0.2, -0.15) is 0 Å². The molecule has 0 aliphatic heterocycles. The van der Waals surface area contributed by atoms with E-state index < -0.39 is 23.9 Å². The number of ether oxygens (including phenoxy) is 1. The van der Waals surface area contributed by atoms with E-state index >= 15 is 0 Å². The van der Waals surface area contributed by atoms with Gasteiger partial charge in [-0.25, -0.2) is 8.78 Å². The van der Waals surface area contributed by atoms with Gasteiger partial charge in [0.2, 0.25) is 0 Å². The minimum atomic E-state index is -3.00. The molecule has 3 nitrogen and oxygen atoms in total. The SMILES string of the molecule is CCCc1ccc(C(O)(CCC)C(C(=O)OCC)C(F)F)cc1. The highest BCUT2D eigenvalue weighted by Gasteiger charge is 2.48. The van der Waals surface area contributed by atoms with Crippen LogP contribution in [0.25, 0.3) is 0 Å². The fourth-order valence-corrected chi connectivity index (χ4v) is 2.85. The lowest BCUT2D eigenvalue weighted by molar-refractivity contribution is -0.173. The van der Waals surface area contributed by atoms with Crippen molar-refractivity contribution in [2.75, 3.05) is 6.61 Å². The lowest BCUT2D eigenvalue weighted by atomic mass is 9.77. The van der Waals surface area contributed by atoms with Gasteiger partial charge in [-0.1, -0.05) is 51.0 Å². The van der Waals surface area contributed by atoms with E-state index in [-0.39, 0.29) is 13.0 Å². The van der Waals surface area contributed by atoms with Crippen LogP contribution in [0, 0.1) is 5.92 Å². The Labute approximate surface area is 136 Å². The number of alkyl halides is 2. The molecule has 5 heteroatoms. The maximum Gasteiger partial charge on any atom is 0.318 e. The molecule has 2 atom stereocenters. The molecule has 1 aromatic rings. The number of aliphatic hydroxyl groups is 1. The van der Waals surface area contributed by atoms with Gasteiger partial charge in [0, 0.05) is 0 Å². The summed E-state index contributed by atoms with van der Waals surface area (Å²) in [5.41, 5.74) is -0.530. The van der Waals surface area contributed by atoms with Gasteiger partial charge in [-0.15, -0.1) is 0 Å². The fraction of sp³-hybridized carbons (Fsp3) is 0.611. The summed E-state index contributed by atoms with van der Waals surface area (Å²) in [4.78, 5) is 12.0. The van der Waals surface area contributed by atoms with E-state index in [1.165, 1.54) is 0 Å². The van der Waals surface area contributed by atoms with E-state index in [2.05, 4.69) is 6.92 Å². The largest absolute Gasteiger partial charge is 0.466 e. The Morgan fingerprint density at radius 1 is 1.17 bits per heavy atom. The predicted octanol–water partition coefficient (Wildman–Crippen LogP) is 4.07. The highest BCUT2D eigenvalue weighted by atomic mass is 19.3. The van der Waals surface area contributed by atoms with Crippen molar-refractivity contribution in [2.45, 2.75) is 58.5 Å². The number of hydrogen-bond donors (Lipinski definition) is 1. The van der Waals surface area contributed by atoms with E-state index in [1.807, 2.05) is 12.1 Å². The predicted molar refractivity (Wildman–Crippen MR) is 85.4 cm³/mol. The summed E-state index contributed by atoms with van der Waals surface area (Å²) < 4.78 is 31.8. The monoisotopic (exact) mass is 328 g/mol. The van der Waals surface area contributed by atoms with Gasteiger partial charge in [0.25, 0.3) is 6.43 Å². The summed E-state index contributed by atoms with van der Waals surface area (Å²) in [6.45, 7) is 5.39. The van der Waals surface area contributed by atoms with E-state index in [1.54, 1.807) is 26.0 Å². The molecule has 0 amide bonds. The van der Waals surface area contributed by atoms with E-state index in [0.29, 0.717) is 12.0 Å². The molecule has 0 spiro atoms. The molecule has 1 rings (SSSR count). The molecule has 0 saturated heterocycles. The number of benzene rings is 1. The van der Waals surface area contributed by atoms with Gasteiger partial charge in [0.1, 0.15) is 5.60 Å². The molecule has 0 fully saturated rings. The Morgan fingerprint density at radius 3 is 2.22 bits per heavy atom. The Bertz CT molecular complexity index is 488. The smallest absolute Gasteiger partial charge is 0.318 e. The minimum absolute atomic E-state index is 0.000301. The molecule has 1 aromatic carbocycles. The third-order valence-corrected chi connectivity index (χ3v) is 3.93. The van der Waals surface area contributed by atoms with Crippen LogP contribution in [0.4, 0.5) is 8.78 Å². The maximum absolute atomic E-state index is 13.5. The molecular weight excluding hydrogens is 302 g/mol. The van der Waals surface area contributed by atoms with Crippen molar-refractivity contribution in [3.05, 3.63) is 35.4 Å². The fourth-order valence-electron chi connectivity index (χ4n) is 2.85. The van der Waals surface area contributed by atoms with Gasteiger partial charge >= 0.3 is 5.97 Å². The van der Waals surface area contributed by atoms with Crippen molar-refractivity contribution in [3.8, 4) is 0 Å². The Morgan fingerprint density at radius 2 is 1.78 bits per heavy atom. The van der Waals surface area contributed by atoms with Crippen molar-refractivity contribution in [3.63, 3.8) is 0 Å². The third-order valence-electron chi connectivity index (χ3n) is 3.93. The summed E-state index contributed by atoms with van der Waals surface area (Å²) in [6, 6.07) is 6.89. The summed E-state index contributed by atoms with van der Waals surface area (Å²) in [7, 11) is 0. The average molecular weight is 328 g/mol. The van der Waals surface area contributed by atoms with Crippen molar-refractivity contribution in [1.82, 2.24) is 0 Å². The molecule has 1 N–H and O–H groups in total. The normalized spacial score (nSPS) is 15.3. The number of carbonyl (C=O) groups excluding carboxylic acids is 1. The maximum atomic E-state index is 13.5. The zero-order valence-corrected chi connectivity index (χ0v) is 14.0. The number of rotatable bonds is 9. The second-order valence-electron chi connectivity index (χ2n) is 5.69. The standard InChI is InChI=1S/C18H26F2O3/c1-4-7-13-8-10-14(11-9-13)18(22,12-5-2)15(16(19)20)17(21)23-6-3/h8-11,15-16,22H,4-7,12H2,1-3H3. The van der Waals surface area contributed by atoms with Crippen LogP contribution in [0.3, 0.4) is 0 Å². The van der Waals surface area contributed by atoms with Crippen molar-refractivity contribution in [2.24, 2.45) is 5.92 Å². The lowest BCUT2D eigenvalue weighted by Crippen LogP contribution is -2.45. The second kappa shape index (κ2) is 8.96. The van der Waals surface area contributed by atoms with Gasteiger partial charge in [-0.3, -0.25) is 4.79 Å². The molecule has 0 saturated carbocycles. The number of aryl methyl sites for hydroxylation is 1. The topological polar surface area (TPSA) is 46.5 Å². The van der Waals surface area contributed by atoms with E-state index in [4.69, 9.17) is 4.74 Å². The first-order valence-corrected chi connectivity index (χ1v) is 8.17. The molecule has 0 aromatic heterocycles. The van der Waals surface area contributed by atoms with Crippen LogP contribution >= 0.6 is 0 Å². The zero-order chi connectivity index (χ0) is 17.5. The van der Waals surface area contributed by atoms with Crippen molar-refractivity contribution in [1.29, 1.82) is 0 Å². The van der Waals surface area contributed by atoms with Crippen LogP contribution in [-0.2, 0) is 21.6 Å². The lowest BCUT2D eigenvalue weighted by Gasteiger charge is -2.34. The number of carbonyl (C=O) groups is 1. The summed E-state index contributed by atoms with van der Waals surface area (Å²) in [6.07, 6.45) is -0.617. The molecule has 0 bridgehead atoms. The molecule has 0 aliphatic carbocycles. The molecule has 0 aliphatic rings. The first-order chi connectivity index (χ1) is 10.9. The highest BCUT2D eigenvalue weighted by Crippen LogP contribution is 2.39. The Kier molecular flexibility index (Phi) is 7.62. The second-order valence-corrected chi connectivity index (χ2v) is 5.69. The molecule has 0 radical (unpaired) electrons. The van der Waals surface area contributed by atoms with E-state index in [9.17, 15) is 18.7 Å². The summed E-state index contributed by atoms with van der Waals surface area (Å²) in [5, 5.41) is 10.9. The van der Waals surface area contributed by atoms with Crippen molar-refractivity contribution < 1.29 is 23.4 Å². The van der Waals surface area contributed by atoms with Gasteiger partial charge in [0.05, 0.1) is 6.61 Å². The molecular formula is C18H26F2O3. The van der Waals surface area contributed by atoms with Gasteiger partial charge in [0.15, 0.2) is 5.92 Å². The van der Waals surface area contributed by atoms with Crippen molar-refractivity contribution >= 4 is 5.97 Å². The molecule has 0 heterocycles. The number of esters is 1. The van der Waals surface area contributed by atoms with Crippen LogP contribution in [0.1, 0.15) is 51.2 Å². The minimum Gasteiger partial charge on any atom is -0.466 e. The number of halogens is 2. The third kappa shape index (κ3) is 4.74. The molecule has 23 heavy (non-hydrogen) atoms. The zero-order valence-electron chi connectivity index (χ0n) is 14.0. The highest BCUT2D eigenvalue weighted by molar-refractivity contribution is 5.74. The molecule has 130 valence electrons. The van der Waals surface area contributed by atoms with Crippen LogP contribution < -0.4 is 0 Å². The first kappa shape index (κ1) is 19.6. The number of hydrogen-bond acceptors (Lipinski definition) is 3. The van der Waals surface area contributed by atoms with Crippen LogP contribution in [-0.4, -0.2) is 24.1 Å². The quantitative estimate of drug-likeness (QED) is 0.695. The Hall–Kier alpha value is -1.49. The summed E-state index contributed by atoms with van der Waals surface area (Å²) in [5.74, 6) is -2.95. The molecule has 2 unspecified atom stereocenters. The summed E-state index contributed by atoms with van der Waals surface area (Å²) >= 11 is 0. The average Bonchev–Trinajstić information content (AvgIpc) is 2.48. The van der Waals surface area contributed by atoms with E-state index in [0.717, 1.165) is 18.4 Å². The Balaban J connectivity index is 3.23. The van der Waals surface area contributed by atoms with Crippen LogP contribution in [0.15, 0.2) is 24.3 Å². The first-order valence-electron chi connectivity index (χ1n) is 8.17.